The lowest BCUT2D eigenvalue weighted by Crippen LogP contribution is -2.34. The van der Waals surface area contributed by atoms with Gasteiger partial charge in [0, 0.05) is 5.75 Å². The summed E-state index contributed by atoms with van der Waals surface area (Å²) in [6.45, 7) is 4.62. The van der Waals surface area contributed by atoms with E-state index in [-0.39, 0.29) is 0 Å². The number of rotatable bonds is 1. The van der Waals surface area contributed by atoms with Crippen molar-refractivity contribution in [3.8, 4) is 0 Å². The molecule has 2 N–H and O–H groups in total. The highest BCUT2D eigenvalue weighted by molar-refractivity contribution is 14.1. The first-order valence-corrected chi connectivity index (χ1v) is 7.32. The minimum Gasteiger partial charge on any atom is -0.383 e. The Balaban J connectivity index is 2.33. The maximum atomic E-state index is 6.04. The second-order valence-electron chi connectivity index (χ2n) is 4.65. The number of halogens is 1. The van der Waals surface area contributed by atoms with Crippen LogP contribution < -0.4 is 5.73 Å². The summed E-state index contributed by atoms with van der Waals surface area (Å²) in [7, 11) is 0. The third-order valence-electron chi connectivity index (χ3n) is 3.15. The van der Waals surface area contributed by atoms with Gasteiger partial charge < -0.3 is 5.73 Å². The van der Waals surface area contributed by atoms with E-state index in [1.165, 1.54) is 12.2 Å². The second kappa shape index (κ2) is 4.16. The molecule has 5 heteroatoms. The molecular formula is C10H16IN3S. The third kappa shape index (κ3) is 2.13. The van der Waals surface area contributed by atoms with Gasteiger partial charge in [-0.25, -0.2) is 4.68 Å². The smallest absolute Gasteiger partial charge is 0.135 e. The third-order valence-corrected chi connectivity index (χ3v) is 5.03. The Kier molecular flexibility index (Phi) is 3.21. The Morgan fingerprint density at radius 2 is 2.40 bits per heavy atom. The summed E-state index contributed by atoms with van der Waals surface area (Å²) >= 11 is 4.24. The van der Waals surface area contributed by atoms with Gasteiger partial charge in [0.05, 0.1) is 15.8 Å². The molecule has 2 rings (SSSR count). The van der Waals surface area contributed by atoms with Gasteiger partial charge in [0.1, 0.15) is 5.82 Å². The van der Waals surface area contributed by atoms with E-state index >= 15 is 0 Å². The van der Waals surface area contributed by atoms with Crippen LogP contribution in [0.2, 0.25) is 0 Å². The highest BCUT2D eigenvalue weighted by atomic mass is 127. The predicted molar refractivity (Wildman–Crippen MR) is 74.1 cm³/mol. The van der Waals surface area contributed by atoms with Crippen LogP contribution >= 0.6 is 34.4 Å². The van der Waals surface area contributed by atoms with E-state index in [2.05, 4.69) is 41.5 Å². The summed E-state index contributed by atoms with van der Waals surface area (Å²) in [5.41, 5.74) is 6.34. The number of hydrogen-bond acceptors (Lipinski definition) is 3. The summed E-state index contributed by atoms with van der Waals surface area (Å²) < 4.78 is 3.06. The van der Waals surface area contributed by atoms with Crippen molar-refractivity contribution in [1.29, 1.82) is 0 Å². The van der Waals surface area contributed by atoms with Crippen LogP contribution in [-0.4, -0.2) is 21.3 Å². The monoisotopic (exact) mass is 337 g/mol. The molecule has 1 aliphatic rings. The molecule has 15 heavy (non-hydrogen) atoms. The number of hydrogen-bond donors (Lipinski definition) is 1. The van der Waals surface area contributed by atoms with Crippen molar-refractivity contribution in [3.63, 3.8) is 0 Å². The molecule has 1 unspecified atom stereocenters. The Hall–Kier alpha value is 0.0900. The van der Waals surface area contributed by atoms with Crippen molar-refractivity contribution >= 4 is 40.2 Å². The number of nitrogens with zero attached hydrogens (tertiary/aromatic N) is 2. The van der Waals surface area contributed by atoms with Crippen molar-refractivity contribution < 1.29 is 0 Å². The fourth-order valence-electron chi connectivity index (χ4n) is 1.92. The van der Waals surface area contributed by atoms with Gasteiger partial charge in [0.25, 0.3) is 0 Å². The van der Waals surface area contributed by atoms with Crippen molar-refractivity contribution in [1.82, 2.24) is 9.78 Å². The number of thioether (sulfide) groups is 1. The fraction of sp³-hybridized carbons (Fsp3) is 0.700. The Morgan fingerprint density at radius 1 is 1.67 bits per heavy atom. The topological polar surface area (TPSA) is 43.8 Å². The standard InChI is InChI=1S/C10H16IN3S/c1-10(2)3-4-15-6-8(10)14-9(12)7(11)5-13-14/h5,8H,3-4,6,12H2,1-2H3. The Bertz CT molecular complexity index is 362. The van der Waals surface area contributed by atoms with Crippen LogP contribution in [0.15, 0.2) is 6.20 Å². The van der Waals surface area contributed by atoms with Gasteiger partial charge in [0.15, 0.2) is 0 Å². The molecule has 1 aromatic rings. The van der Waals surface area contributed by atoms with E-state index in [4.69, 9.17) is 5.73 Å². The molecule has 1 atom stereocenters. The summed E-state index contributed by atoms with van der Waals surface area (Å²) in [6.07, 6.45) is 3.09. The van der Waals surface area contributed by atoms with E-state index in [0.29, 0.717) is 11.5 Å². The SMILES string of the molecule is CC1(C)CCSCC1n1ncc(I)c1N. The first-order valence-electron chi connectivity index (χ1n) is 5.08. The lowest BCUT2D eigenvalue weighted by atomic mass is 9.82. The molecule has 0 aliphatic carbocycles. The van der Waals surface area contributed by atoms with Crippen molar-refractivity contribution in [3.05, 3.63) is 9.77 Å². The second-order valence-corrected chi connectivity index (χ2v) is 6.96. The zero-order valence-corrected chi connectivity index (χ0v) is 12.0. The maximum Gasteiger partial charge on any atom is 0.135 e. The first-order chi connectivity index (χ1) is 7.02. The van der Waals surface area contributed by atoms with Gasteiger partial charge >= 0.3 is 0 Å². The molecule has 84 valence electrons. The van der Waals surface area contributed by atoms with Crippen molar-refractivity contribution in [2.75, 3.05) is 17.2 Å². The van der Waals surface area contributed by atoms with Gasteiger partial charge in [-0.15, -0.1) is 0 Å². The molecule has 0 bridgehead atoms. The van der Waals surface area contributed by atoms with Crippen LogP contribution in [0.5, 0.6) is 0 Å². The molecule has 0 spiro atoms. The van der Waals surface area contributed by atoms with Gasteiger partial charge in [-0.3, -0.25) is 0 Å². The van der Waals surface area contributed by atoms with Gasteiger partial charge in [-0.05, 0) is 40.2 Å². The zero-order valence-electron chi connectivity index (χ0n) is 9.03. The molecule has 1 aliphatic heterocycles. The molecule has 3 nitrogen and oxygen atoms in total. The maximum absolute atomic E-state index is 6.04. The van der Waals surface area contributed by atoms with Crippen molar-refractivity contribution in [2.45, 2.75) is 26.3 Å². The normalized spacial score (nSPS) is 25.4. The number of nitrogens with two attached hydrogens (primary N) is 1. The molecule has 0 aromatic carbocycles. The highest BCUT2D eigenvalue weighted by Crippen LogP contribution is 2.43. The average molecular weight is 337 g/mol. The van der Waals surface area contributed by atoms with Crippen LogP contribution in [0.4, 0.5) is 5.82 Å². The van der Waals surface area contributed by atoms with Crippen molar-refractivity contribution in [2.24, 2.45) is 5.41 Å². The zero-order chi connectivity index (χ0) is 11.1. The lowest BCUT2D eigenvalue weighted by molar-refractivity contribution is 0.211. The van der Waals surface area contributed by atoms with E-state index in [9.17, 15) is 0 Å². The summed E-state index contributed by atoms with van der Waals surface area (Å²) in [5, 5.41) is 4.41. The van der Waals surface area contributed by atoms with Crippen LogP contribution in [0.3, 0.4) is 0 Å². The summed E-state index contributed by atoms with van der Waals surface area (Å²) in [6, 6.07) is 0.430. The largest absolute Gasteiger partial charge is 0.383 e. The average Bonchev–Trinajstić information content (AvgIpc) is 2.48. The predicted octanol–water partition coefficient (Wildman–Crippen LogP) is 2.77. The Labute approximate surface area is 108 Å². The van der Waals surface area contributed by atoms with E-state index in [0.717, 1.165) is 15.1 Å². The van der Waals surface area contributed by atoms with E-state index < -0.39 is 0 Å². The van der Waals surface area contributed by atoms with E-state index in [1.807, 2.05) is 22.6 Å². The molecule has 0 amide bonds. The molecule has 0 radical (unpaired) electrons. The van der Waals surface area contributed by atoms with Gasteiger partial charge in [0.2, 0.25) is 0 Å². The molecule has 1 aromatic heterocycles. The van der Waals surface area contributed by atoms with Crippen LogP contribution in [0.1, 0.15) is 26.3 Å². The number of aromatic nitrogens is 2. The highest BCUT2D eigenvalue weighted by Gasteiger charge is 2.35. The van der Waals surface area contributed by atoms with Crippen LogP contribution in [0, 0.1) is 8.99 Å². The van der Waals surface area contributed by atoms with Crippen LogP contribution in [-0.2, 0) is 0 Å². The molecule has 1 saturated heterocycles. The summed E-state index contributed by atoms with van der Waals surface area (Å²) in [5.74, 6) is 3.19. The lowest BCUT2D eigenvalue weighted by Gasteiger charge is -2.38. The number of anilines is 1. The van der Waals surface area contributed by atoms with Crippen LogP contribution in [0.25, 0.3) is 0 Å². The van der Waals surface area contributed by atoms with Gasteiger partial charge in [-0.1, -0.05) is 13.8 Å². The quantitative estimate of drug-likeness (QED) is 0.802. The molecular weight excluding hydrogens is 321 g/mol. The van der Waals surface area contributed by atoms with E-state index in [1.54, 1.807) is 0 Å². The fourth-order valence-corrected chi connectivity index (χ4v) is 3.95. The molecule has 1 fully saturated rings. The Morgan fingerprint density at radius 3 is 2.93 bits per heavy atom. The molecule has 0 saturated carbocycles. The minimum absolute atomic E-state index is 0.300. The first kappa shape index (κ1) is 11.6. The molecule has 2 heterocycles. The minimum atomic E-state index is 0.300. The number of nitrogen functional groups attached to an aromatic ring is 1. The summed E-state index contributed by atoms with van der Waals surface area (Å²) in [4.78, 5) is 0. The van der Waals surface area contributed by atoms with Gasteiger partial charge in [-0.2, -0.15) is 16.9 Å².